The molecule has 0 saturated heterocycles. The molecule has 0 radical (unpaired) electrons. The molecule has 2 aromatic rings. The van der Waals surface area contributed by atoms with Gasteiger partial charge in [0.25, 0.3) is 0 Å². The van der Waals surface area contributed by atoms with Gasteiger partial charge in [-0.2, -0.15) is 5.26 Å². The van der Waals surface area contributed by atoms with Gasteiger partial charge in [0.05, 0.1) is 12.8 Å². The first-order valence-electron chi connectivity index (χ1n) is 5.65. The molecule has 0 spiro atoms. The highest BCUT2D eigenvalue weighted by atomic mass is 16.5. The fourth-order valence-corrected chi connectivity index (χ4v) is 1.50. The Morgan fingerprint density at radius 2 is 1.95 bits per heavy atom. The van der Waals surface area contributed by atoms with Gasteiger partial charge in [0.15, 0.2) is 5.69 Å². The van der Waals surface area contributed by atoms with Gasteiger partial charge in [-0.1, -0.05) is 12.1 Å². The van der Waals surface area contributed by atoms with Crippen LogP contribution in [0.2, 0.25) is 0 Å². The summed E-state index contributed by atoms with van der Waals surface area (Å²) < 4.78 is 10.6. The molecule has 5 nitrogen and oxygen atoms in total. The number of benzene rings is 1. The Kier molecular flexibility index (Phi) is 3.84. The highest BCUT2D eigenvalue weighted by Gasteiger charge is 2.03. The van der Waals surface area contributed by atoms with Crippen LogP contribution in [0.15, 0.2) is 36.4 Å². The van der Waals surface area contributed by atoms with Gasteiger partial charge in [0.1, 0.15) is 18.4 Å². The van der Waals surface area contributed by atoms with E-state index in [1.54, 1.807) is 19.2 Å². The molecule has 0 aliphatic rings. The summed E-state index contributed by atoms with van der Waals surface area (Å²) in [5, 5.41) is 8.82. The summed E-state index contributed by atoms with van der Waals surface area (Å²) >= 11 is 0. The zero-order chi connectivity index (χ0) is 13.7. The van der Waals surface area contributed by atoms with Crippen LogP contribution in [0, 0.1) is 11.3 Å². The molecule has 0 unspecified atom stereocenters. The molecule has 2 N–H and O–H groups in total. The van der Waals surface area contributed by atoms with Crippen molar-refractivity contribution in [3.05, 3.63) is 47.7 Å². The Balaban J connectivity index is 2.04. The van der Waals surface area contributed by atoms with Crippen molar-refractivity contribution in [2.45, 2.75) is 6.61 Å². The van der Waals surface area contributed by atoms with E-state index in [1.165, 1.54) is 0 Å². The van der Waals surface area contributed by atoms with Crippen molar-refractivity contribution in [3.8, 4) is 17.7 Å². The summed E-state index contributed by atoms with van der Waals surface area (Å²) in [6.07, 6.45) is 0. The van der Waals surface area contributed by atoms with Crippen LogP contribution in [0.25, 0.3) is 0 Å². The summed E-state index contributed by atoms with van der Waals surface area (Å²) in [4.78, 5) is 4.01. The quantitative estimate of drug-likeness (QED) is 0.905. The van der Waals surface area contributed by atoms with Gasteiger partial charge in [-0.05, 0) is 23.8 Å². The smallest absolute Gasteiger partial charge is 0.214 e. The number of nitrogens with zero attached hydrogens (tertiary/aromatic N) is 2. The minimum absolute atomic E-state index is 0.173. The van der Waals surface area contributed by atoms with Crippen molar-refractivity contribution in [1.82, 2.24) is 4.98 Å². The number of hydrogen-bond acceptors (Lipinski definition) is 5. The fourth-order valence-electron chi connectivity index (χ4n) is 1.50. The molecule has 5 heteroatoms. The molecule has 0 amide bonds. The van der Waals surface area contributed by atoms with E-state index in [4.69, 9.17) is 20.5 Å². The molecule has 1 aromatic heterocycles. The third kappa shape index (κ3) is 3.13. The third-order valence-corrected chi connectivity index (χ3v) is 2.55. The van der Waals surface area contributed by atoms with Gasteiger partial charge in [-0.3, -0.25) is 0 Å². The first kappa shape index (κ1) is 12.7. The second-order valence-corrected chi connectivity index (χ2v) is 3.84. The van der Waals surface area contributed by atoms with E-state index in [0.717, 1.165) is 11.3 Å². The number of nitrogens with two attached hydrogens (primary N) is 1. The van der Waals surface area contributed by atoms with Crippen LogP contribution < -0.4 is 15.2 Å². The molecule has 0 aliphatic carbocycles. The van der Waals surface area contributed by atoms with E-state index in [2.05, 4.69) is 4.98 Å². The minimum Gasteiger partial charge on any atom is -0.497 e. The molecular formula is C14H13N3O2. The van der Waals surface area contributed by atoms with Crippen LogP contribution in [0.1, 0.15) is 11.3 Å². The lowest BCUT2D eigenvalue weighted by Crippen LogP contribution is -2.00. The highest BCUT2D eigenvalue weighted by Crippen LogP contribution is 2.16. The maximum Gasteiger partial charge on any atom is 0.214 e. The number of nitriles is 1. The third-order valence-electron chi connectivity index (χ3n) is 2.55. The number of rotatable bonds is 4. The Morgan fingerprint density at radius 1 is 1.21 bits per heavy atom. The Morgan fingerprint density at radius 3 is 2.58 bits per heavy atom. The summed E-state index contributed by atoms with van der Waals surface area (Å²) in [5.74, 6) is 1.17. The van der Waals surface area contributed by atoms with Gasteiger partial charge < -0.3 is 15.2 Å². The van der Waals surface area contributed by atoms with Crippen LogP contribution in [-0.2, 0) is 6.61 Å². The molecule has 0 bridgehead atoms. The maximum absolute atomic E-state index is 8.82. The van der Waals surface area contributed by atoms with E-state index >= 15 is 0 Å². The van der Waals surface area contributed by atoms with Crippen molar-refractivity contribution in [2.75, 3.05) is 12.8 Å². The molecule has 1 aromatic carbocycles. The Hall–Kier alpha value is -2.74. The molecule has 0 saturated carbocycles. The number of anilines is 1. The van der Waals surface area contributed by atoms with E-state index in [1.807, 2.05) is 30.3 Å². The number of hydrogen-bond donors (Lipinski definition) is 1. The standard InChI is InChI=1S/C14H13N3O2/c1-18-11-4-2-10(3-5-11)9-19-14-7-6-12(16)13(8-15)17-14/h2-7H,9,16H2,1H3. The first-order chi connectivity index (χ1) is 9.22. The van der Waals surface area contributed by atoms with Gasteiger partial charge in [-0.25, -0.2) is 4.98 Å². The number of nitrogen functional groups attached to an aromatic ring is 1. The van der Waals surface area contributed by atoms with Gasteiger partial charge in [0, 0.05) is 6.07 Å². The summed E-state index contributed by atoms with van der Waals surface area (Å²) in [6, 6.07) is 12.7. The number of methoxy groups -OCH3 is 1. The molecule has 0 atom stereocenters. The summed E-state index contributed by atoms with van der Waals surface area (Å²) in [5.41, 5.74) is 7.09. The molecule has 0 aliphatic heterocycles. The van der Waals surface area contributed by atoms with E-state index in [9.17, 15) is 0 Å². The Labute approximate surface area is 111 Å². The fraction of sp³-hybridized carbons (Fsp3) is 0.143. The maximum atomic E-state index is 8.82. The first-order valence-corrected chi connectivity index (χ1v) is 5.65. The highest BCUT2D eigenvalue weighted by molar-refractivity contribution is 5.50. The second kappa shape index (κ2) is 5.74. The zero-order valence-electron chi connectivity index (χ0n) is 10.5. The van der Waals surface area contributed by atoms with E-state index in [-0.39, 0.29) is 5.69 Å². The SMILES string of the molecule is COc1ccc(COc2ccc(N)c(C#N)n2)cc1. The van der Waals surface area contributed by atoms with Crippen LogP contribution >= 0.6 is 0 Å². The number of ether oxygens (including phenoxy) is 2. The van der Waals surface area contributed by atoms with Crippen molar-refractivity contribution >= 4 is 5.69 Å². The summed E-state index contributed by atoms with van der Waals surface area (Å²) in [6.45, 7) is 0.367. The van der Waals surface area contributed by atoms with Crippen LogP contribution in [0.4, 0.5) is 5.69 Å². The zero-order valence-corrected chi connectivity index (χ0v) is 10.5. The average Bonchev–Trinajstić information content (AvgIpc) is 2.47. The number of pyridine rings is 1. The minimum atomic E-state index is 0.173. The number of aromatic nitrogens is 1. The van der Waals surface area contributed by atoms with Crippen molar-refractivity contribution in [3.63, 3.8) is 0 Å². The second-order valence-electron chi connectivity index (χ2n) is 3.84. The molecule has 96 valence electrons. The van der Waals surface area contributed by atoms with E-state index < -0.39 is 0 Å². The van der Waals surface area contributed by atoms with Crippen LogP contribution in [-0.4, -0.2) is 12.1 Å². The Bertz CT molecular complexity index is 603. The lowest BCUT2D eigenvalue weighted by molar-refractivity contribution is 0.293. The molecule has 2 rings (SSSR count). The normalized spacial score (nSPS) is 9.68. The van der Waals surface area contributed by atoms with Crippen molar-refractivity contribution in [2.24, 2.45) is 0 Å². The average molecular weight is 255 g/mol. The molecule has 0 fully saturated rings. The van der Waals surface area contributed by atoms with Crippen molar-refractivity contribution < 1.29 is 9.47 Å². The van der Waals surface area contributed by atoms with Gasteiger partial charge in [-0.15, -0.1) is 0 Å². The lowest BCUT2D eigenvalue weighted by Gasteiger charge is -2.07. The monoisotopic (exact) mass is 255 g/mol. The van der Waals surface area contributed by atoms with Gasteiger partial charge in [0.2, 0.25) is 5.88 Å². The molecular weight excluding hydrogens is 242 g/mol. The molecule has 19 heavy (non-hydrogen) atoms. The van der Waals surface area contributed by atoms with Crippen LogP contribution in [0.3, 0.4) is 0 Å². The van der Waals surface area contributed by atoms with E-state index in [0.29, 0.717) is 18.2 Å². The lowest BCUT2D eigenvalue weighted by atomic mass is 10.2. The molecule has 1 heterocycles. The summed E-state index contributed by atoms with van der Waals surface area (Å²) in [7, 11) is 1.62. The topological polar surface area (TPSA) is 81.2 Å². The largest absolute Gasteiger partial charge is 0.497 e. The predicted octanol–water partition coefficient (Wildman–Crippen LogP) is 2.12. The van der Waals surface area contributed by atoms with Crippen molar-refractivity contribution in [1.29, 1.82) is 5.26 Å². The predicted molar refractivity (Wildman–Crippen MR) is 70.7 cm³/mol. The van der Waals surface area contributed by atoms with Crippen LogP contribution in [0.5, 0.6) is 11.6 Å². The van der Waals surface area contributed by atoms with Gasteiger partial charge >= 0.3 is 0 Å².